The number of thioether (sulfide) groups is 1. The summed E-state index contributed by atoms with van der Waals surface area (Å²) in [6.45, 7) is 3.53. The van der Waals surface area contributed by atoms with Crippen molar-refractivity contribution in [1.29, 1.82) is 0 Å². The molecule has 1 aromatic carbocycles. The van der Waals surface area contributed by atoms with E-state index in [-0.39, 0.29) is 47.5 Å². The first-order chi connectivity index (χ1) is 11.6. The van der Waals surface area contributed by atoms with E-state index < -0.39 is 46.0 Å². The van der Waals surface area contributed by atoms with Crippen LogP contribution < -0.4 is 11.1 Å². The van der Waals surface area contributed by atoms with Gasteiger partial charge >= 0.3 is 5.97 Å². The SMILES string of the molecule is CC1(C)S[C@@H]2[C@H](NC(=O)[C@H](N)c3ccc(O)cc3)C(=O)N2[C@H]1C(=O)O.[Ce]. The zero-order valence-corrected chi connectivity index (χ0v) is 18.1. The maximum atomic E-state index is 12.3. The summed E-state index contributed by atoms with van der Waals surface area (Å²) in [5.41, 5.74) is 6.41. The molecule has 2 heterocycles. The van der Waals surface area contributed by atoms with Crippen LogP contribution in [0.25, 0.3) is 0 Å². The number of carboxylic acid groups (broad SMARTS) is 1. The van der Waals surface area contributed by atoms with E-state index in [9.17, 15) is 24.6 Å². The summed E-state index contributed by atoms with van der Waals surface area (Å²) in [6.07, 6.45) is 0. The van der Waals surface area contributed by atoms with Crippen LogP contribution in [0.1, 0.15) is 25.5 Å². The number of carbonyl (C=O) groups is 3. The van der Waals surface area contributed by atoms with Gasteiger partial charge in [0.15, 0.2) is 0 Å². The number of fused-ring (bicyclic) bond motifs is 1. The molecule has 1 aromatic rings. The Hall–Kier alpha value is -0.883. The smallest absolute Gasteiger partial charge is 0.327 e. The number of hydrogen-bond donors (Lipinski definition) is 4. The monoisotopic (exact) mass is 505 g/mol. The molecule has 0 saturated carbocycles. The normalized spacial score (nSPS) is 27.0. The third kappa shape index (κ3) is 3.59. The number of aliphatic carboxylic acids is 1. The Morgan fingerprint density at radius 1 is 1.31 bits per heavy atom. The van der Waals surface area contributed by atoms with E-state index in [1.54, 1.807) is 13.8 Å². The van der Waals surface area contributed by atoms with Gasteiger partial charge in [0.25, 0.3) is 0 Å². The van der Waals surface area contributed by atoms with Gasteiger partial charge in [-0.15, -0.1) is 11.8 Å². The number of nitrogens with two attached hydrogens (primary N) is 1. The predicted octanol–water partition coefficient (Wildman–Crippen LogP) is 0.0237. The Morgan fingerprint density at radius 3 is 2.42 bits per heavy atom. The molecule has 2 amide bonds. The molecular weight excluding hydrogens is 486 g/mol. The molecule has 26 heavy (non-hydrogen) atoms. The minimum atomic E-state index is -1.06. The minimum Gasteiger partial charge on any atom is -0.508 e. The van der Waals surface area contributed by atoms with Gasteiger partial charge in [0.1, 0.15) is 29.2 Å². The summed E-state index contributed by atoms with van der Waals surface area (Å²) in [6, 6.07) is 3.21. The first-order valence-electron chi connectivity index (χ1n) is 7.71. The quantitative estimate of drug-likeness (QED) is 0.424. The van der Waals surface area contributed by atoms with Crippen LogP contribution >= 0.6 is 11.8 Å². The third-order valence-electron chi connectivity index (χ3n) is 4.51. The van der Waals surface area contributed by atoms with E-state index in [2.05, 4.69) is 5.32 Å². The molecule has 2 aliphatic rings. The molecule has 3 rings (SSSR count). The summed E-state index contributed by atoms with van der Waals surface area (Å²) in [5, 5.41) is 20.9. The second kappa shape index (κ2) is 7.62. The van der Waals surface area contributed by atoms with Crippen LogP contribution in [0.3, 0.4) is 0 Å². The van der Waals surface area contributed by atoms with Crippen molar-refractivity contribution in [2.45, 2.75) is 42.1 Å². The molecule has 2 saturated heterocycles. The molecule has 138 valence electrons. The van der Waals surface area contributed by atoms with Crippen LogP contribution in [-0.4, -0.2) is 55.1 Å². The molecule has 0 spiro atoms. The zero-order chi connectivity index (χ0) is 18.5. The molecule has 0 bridgehead atoms. The molecule has 4 atom stereocenters. The molecule has 10 heteroatoms. The zero-order valence-electron chi connectivity index (χ0n) is 14.2. The van der Waals surface area contributed by atoms with Crippen LogP contribution in [0.5, 0.6) is 5.75 Å². The molecule has 5 N–H and O–H groups in total. The Balaban J connectivity index is 0.00000243. The second-order valence-corrected chi connectivity index (χ2v) is 8.42. The number of β-lactam (4-membered cyclic amide) rings is 1. The number of nitrogens with zero attached hydrogens (tertiary/aromatic N) is 1. The standard InChI is InChI=1S/C16H19N3O5S.Ce/c1-16(2)11(15(23)24)19-13(22)10(14(19)25-16)18-12(21)9(17)7-3-5-8(20)6-4-7;/h3-6,9-11,14,20H,17H2,1-2H3,(H,18,21)(H,23,24);/t9-,10-,11+,14-;/m1./s1. The number of carboxylic acids is 1. The van der Waals surface area contributed by atoms with Crippen molar-refractivity contribution in [3.63, 3.8) is 0 Å². The van der Waals surface area contributed by atoms with E-state index in [0.717, 1.165) is 0 Å². The second-order valence-electron chi connectivity index (χ2n) is 6.65. The van der Waals surface area contributed by atoms with Crippen LogP contribution in [-0.2, 0) is 14.4 Å². The topological polar surface area (TPSA) is 133 Å². The number of hydrogen-bond acceptors (Lipinski definition) is 6. The molecule has 2 aliphatic heterocycles. The minimum absolute atomic E-state index is 0. The van der Waals surface area contributed by atoms with Gasteiger partial charge in [0.2, 0.25) is 11.8 Å². The number of amides is 2. The molecule has 0 radical (unpaired) electrons. The molecule has 0 aromatic heterocycles. The number of carbonyl (C=O) groups excluding carboxylic acids is 2. The number of benzene rings is 1. The largest absolute Gasteiger partial charge is 0.508 e. The maximum absolute atomic E-state index is 12.3. The number of phenolic OH excluding ortho intramolecular Hbond substituents is 1. The summed E-state index contributed by atoms with van der Waals surface area (Å²) in [5.74, 6) is -1.94. The summed E-state index contributed by atoms with van der Waals surface area (Å²) < 4.78 is -0.648. The van der Waals surface area contributed by atoms with Crippen LogP contribution in [0.4, 0.5) is 0 Å². The average molecular weight is 506 g/mol. The molecular formula is C16H19CeN3O5S. The van der Waals surface area contributed by atoms with Gasteiger partial charge < -0.3 is 26.2 Å². The predicted molar refractivity (Wildman–Crippen MR) is 90.7 cm³/mol. The number of phenols is 1. The van der Waals surface area contributed by atoms with Crippen LogP contribution in [0, 0.1) is 41.7 Å². The van der Waals surface area contributed by atoms with E-state index in [0.29, 0.717) is 5.56 Å². The van der Waals surface area contributed by atoms with Gasteiger partial charge in [-0.25, -0.2) is 4.79 Å². The van der Waals surface area contributed by atoms with Gasteiger partial charge in [0.05, 0.1) is 0 Å². The van der Waals surface area contributed by atoms with E-state index in [1.807, 2.05) is 0 Å². The van der Waals surface area contributed by atoms with Crippen molar-refractivity contribution >= 4 is 29.5 Å². The van der Waals surface area contributed by atoms with Crippen molar-refractivity contribution in [1.82, 2.24) is 10.2 Å². The molecule has 0 aliphatic carbocycles. The summed E-state index contributed by atoms with van der Waals surface area (Å²) in [4.78, 5) is 37.5. The van der Waals surface area contributed by atoms with Crippen LogP contribution in [0.2, 0.25) is 0 Å². The molecule has 2 fully saturated rings. The Morgan fingerprint density at radius 2 is 1.88 bits per heavy atom. The van der Waals surface area contributed by atoms with E-state index in [4.69, 9.17) is 5.73 Å². The van der Waals surface area contributed by atoms with Gasteiger partial charge in [-0.05, 0) is 31.5 Å². The van der Waals surface area contributed by atoms with Crippen molar-refractivity contribution in [3.05, 3.63) is 29.8 Å². The van der Waals surface area contributed by atoms with Crippen LogP contribution in [0.15, 0.2) is 24.3 Å². The van der Waals surface area contributed by atoms with Gasteiger partial charge in [-0.2, -0.15) is 0 Å². The fourth-order valence-corrected chi connectivity index (χ4v) is 4.85. The first kappa shape index (κ1) is 21.4. The fraction of sp³-hybridized carbons (Fsp3) is 0.438. The first-order valence-corrected chi connectivity index (χ1v) is 8.59. The van der Waals surface area contributed by atoms with Crippen molar-refractivity contribution < 1.29 is 66.3 Å². The Bertz CT molecular complexity index is 742. The van der Waals surface area contributed by atoms with Crippen molar-refractivity contribution in [2.75, 3.05) is 0 Å². The molecule has 8 nitrogen and oxygen atoms in total. The van der Waals surface area contributed by atoms with Crippen molar-refractivity contribution in [2.24, 2.45) is 5.73 Å². The van der Waals surface area contributed by atoms with Gasteiger partial charge in [-0.3, -0.25) is 9.59 Å². The van der Waals surface area contributed by atoms with Gasteiger partial charge in [-0.1, -0.05) is 12.1 Å². The Kier molecular flexibility index (Phi) is 6.28. The summed E-state index contributed by atoms with van der Waals surface area (Å²) >= 11 is 1.35. The fourth-order valence-electron chi connectivity index (χ4n) is 3.22. The summed E-state index contributed by atoms with van der Waals surface area (Å²) in [7, 11) is 0. The Labute approximate surface area is 188 Å². The van der Waals surface area contributed by atoms with Gasteiger partial charge in [0, 0.05) is 46.5 Å². The maximum Gasteiger partial charge on any atom is 0.327 e. The number of nitrogens with one attached hydrogen (secondary N) is 1. The molecule has 0 unspecified atom stereocenters. The van der Waals surface area contributed by atoms with Crippen molar-refractivity contribution in [3.8, 4) is 5.75 Å². The average Bonchev–Trinajstić information content (AvgIpc) is 2.80. The van der Waals surface area contributed by atoms with E-state index in [1.165, 1.54) is 40.9 Å². The third-order valence-corrected chi connectivity index (χ3v) is 6.08. The van der Waals surface area contributed by atoms with E-state index >= 15 is 0 Å². The number of aromatic hydroxyl groups is 1. The number of rotatable bonds is 4.